The Balaban J connectivity index is 4.26. The molecule has 0 heterocycles. The average molecular weight is 200 g/mol. The van der Waals surface area contributed by atoms with Gasteiger partial charge in [-0.15, -0.1) is 0 Å². The van der Waals surface area contributed by atoms with Gasteiger partial charge in [0, 0.05) is 0 Å². The van der Waals surface area contributed by atoms with Crippen molar-refractivity contribution in [2.24, 2.45) is 11.8 Å². The van der Waals surface area contributed by atoms with Gasteiger partial charge in [0.15, 0.2) is 0 Å². The van der Waals surface area contributed by atoms with Crippen LogP contribution in [0.3, 0.4) is 0 Å². The molecule has 0 N–H and O–H groups in total. The van der Waals surface area contributed by atoms with Crippen molar-refractivity contribution in [3.05, 3.63) is 12.2 Å². The van der Waals surface area contributed by atoms with Crippen LogP contribution in [0.15, 0.2) is 12.2 Å². The maximum absolute atomic E-state index is 11.3. The summed E-state index contributed by atoms with van der Waals surface area (Å²) in [7, 11) is 0.501. The summed E-state index contributed by atoms with van der Waals surface area (Å²) >= 11 is 0. The van der Waals surface area contributed by atoms with Crippen molar-refractivity contribution in [3.63, 3.8) is 0 Å². The van der Waals surface area contributed by atoms with Crippen molar-refractivity contribution in [3.8, 4) is 0 Å². The van der Waals surface area contributed by atoms with E-state index < -0.39 is 0 Å². The molecule has 0 aliphatic rings. The molecule has 0 rings (SSSR count). The fraction of sp³-hybridized carbons (Fsp3) is 0.700. The second kappa shape index (κ2) is 6.89. The van der Waals surface area contributed by atoms with Gasteiger partial charge in [0.25, 0.3) is 5.97 Å². The standard InChI is InChI=1S/C10H20O2Si/c1-4-6-9(7-5-2)8(3)10(11)12-13/h4,6,8-9H,5,7H2,1-3,13H3/b6-4+/t8-,9+/m1/s1. The van der Waals surface area contributed by atoms with Crippen LogP contribution in [0.25, 0.3) is 0 Å². The molecule has 3 heteroatoms. The van der Waals surface area contributed by atoms with Gasteiger partial charge in [0.1, 0.15) is 0 Å². The Morgan fingerprint density at radius 3 is 2.62 bits per heavy atom. The molecule has 0 aliphatic heterocycles. The Morgan fingerprint density at radius 1 is 1.62 bits per heavy atom. The van der Waals surface area contributed by atoms with Gasteiger partial charge in [-0.05, 0) is 19.3 Å². The van der Waals surface area contributed by atoms with Gasteiger partial charge in [-0.25, -0.2) is 0 Å². The molecule has 0 aromatic rings. The van der Waals surface area contributed by atoms with Gasteiger partial charge in [0.05, 0.1) is 5.92 Å². The molecule has 76 valence electrons. The minimum Gasteiger partial charge on any atom is -0.529 e. The molecular formula is C10H20O2Si. The molecule has 0 radical (unpaired) electrons. The van der Waals surface area contributed by atoms with Crippen LogP contribution in [0.1, 0.15) is 33.6 Å². The molecule has 2 atom stereocenters. The summed E-state index contributed by atoms with van der Waals surface area (Å²) in [6.45, 7) is 6.07. The molecule has 0 aliphatic carbocycles. The Kier molecular flexibility index (Phi) is 6.59. The van der Waals surface area contributed by atoms with Gasteiger partial charge in [-0.2, -0.15) is 0 Å². The molecule has 0 spiro atoms. The third-order valence-electron chi connectivity index (χ3n) is 2.28. The lowest BCUT2D eigenvalue weighted by Gasteiger charge is -2.18. The van der Waals surface area contributed by atoms with E-state index in [1.807, 2.05) is 19.9 Å². The Hall–Kier alpha value is -0.573. The highest BCUT2D eigenvalue weighted by Crippen LogP contribution is 2.20. The monoisotopic (exact) mass is 200 g/mol. The number of carbonyl (C=O) groups excluding carboxylic acids is 1. The second-order valence-corrected chi connectivity index (χ2v) is 3.70. The lowest BCUT2D eigenvalue weighted by atomic mass is 9.90. The van der Waals surface area contributed by atoms with Crippen LogP contribution in [0.4, 0.5) is 0 Å². The average Bonchev–Trinajstić information content (AvgIpc) is 2.15. The van der Waals surface area contributed by atoms with Crippen molar-refractivity contribution in [2.75, 3.05) is 0 Å². The summed E-state index contributed by atoms with van der Waals surface area (Å²) in [4.78, 5) is 11.3. The van der Waals surface area contributed by atoms with E-state index in [1.165, 1.54) is 0 Å². The first-order valence-corrected chi connectivity index (χ1v) is 5.69. The summed E-state index contributed by atoms with van der Waals surface area (Å²) < 4.78 is 4.85. The minimum absolute atomic E-state index is 0.00801. The lowest BCUT2D eigenvalue weighted by Crippen LogP contribution is -2.21. The van der Waals surface area contributed by atoms with E-state index in [9.17, 15) is 4.79 Å². The molecule has 0 aromatic heterocycles. The van der Waals surface area contributed by atoms with E-state index >= 15 is 0 Å². The van der Waals surface area contributed by atoms with Gasteiger partial charge in [-0.3, -0.25) is 4.79 Å². The molecule has 2 nitrogen and oxygen atoms in total. The van der Waals surface area contributed by atoms with E-state index in [0.29, 0.717) is 16.4 Å². The summed E-state index contributed by atoms with van der Waals surface area (Å²) in [6.07, 6.45) is 6.28. The maximum atomic E-state index is 11.3. The number of allylic oxidation sites excluding steroid dienone is 2. The molecule has 0 amide bonds. The molecule has 0 saturated heterocycles. The van der Waals surface area contributed by atoms with Crippen LogP contribution in [-0.2, 0) is 9.22 Å². The zero-order valence-corrected chi connectivity index (χ0v) is 11.0. The summed E-state index contributed by atoms with van der Waals surface area (Å²) in [5.41, 5.74) is 0. The predicted molar refractivity (Wildman–Crippen MR) is 58.4 cm³/mol. The SMILES string of the molecule is C/C=C/[C@@H](CCC)[C@@H](C)C(=O)O[SiH3]. The van der Waals surface area contributed by atoms with Crippen molar-refractivity contribution >= 4 is 16.5 Å². The maximum Gasteiger partial charge on any atom is 0.295 e. The number of carbonyl (C=O) groups is 1. The van der Waals surface area contributed by atoms with E-state index in [1.54, 1.807) is 0 Å². The summed E-state index contributed by atoms with van der Waals surface area (Å²) in [5.74, 6) is 0.299. The van der Waals surface area contributed by atoms with Gasteiger partial charge >= 0.3 is 0 Å². The first-order chi connectivity index (χ1) is 6.17. The summed E-state index contributed by atoms with van der Waals surface area (Å²) in [6, 6.07) is 0. The van der Waals surface area contributed by atoms with Crippen LogP contribution < -0.4 is 0 Å². The van der Waals surface area contributed by atoms with Crippen LogP contribution in [0.5, 0.6) is 0 Å². The fourth-order valence-corrected chi connectivity index (χ4v) is 1.83. The summed E-state index contributed by atoms with van der Waals surface area (Å²) in [5, 5.41) is 0. The first-order valence-electron chi connectivity index (χ1n) is 4.88. The number of hydrogen-bond donors (Lipinski definition) is 0. The van der Waals surface area contributed by atoms with E-state index in [2.05, 4.69) is 13.0 Å². The van der Waals surface area contributed by atoms with Crippen molar-refractivity contribution in [1.82, 2.24) is 0 Å². The van der Waals surface area contributed by atoms with Gasteiger partial charge in [0.2, 0.25) is 10.5 Å². The molecule has 13 heavy (non-hydrogen) atoms. The zero-order valence-electron chi connectivity index (χ0n) is 9.04. The van der Waals surface area contributed by atoms with Crippen LogP contribution in [0, 0.1) is 11.8 Å². The molecule has 0 saturated carbocycles. The second-order valence-electron chi connectivity index (χ2n) is 3.29. The van der Waals surface area contributed by atoms with Crippen molar-refractivity contribution < 1.29 is 9.22 Å². The molecule has 0 bridgehead atoms. The minimum atomic E-state index is -0.0526. The highest BCUT2D eigenvalue weighted by atomic mass is 28.2. The van der Waals surface area contributed by atoms with Crippen LogP contribution in [-0.4, -0.2) is 16.5 Å². The van der Waals surface area contributed by atoms with E-state index in [0.717, 1.165) is 12.8 Å². The number of rotatable bonds is 5. The Labute approximate surface area is 83.9 Å². The molecule has 0 unspecified atom stereocenters. The Bertz CT molecular complexity index is 178. The van der Waals surface area contributed by atoms with Crippen molar-refractivity contribution in [1.29, 1.82) is 0 Å². The molecule has 0 aromatic carbocycles. The third-order valence-corrected chi connectivity index (χ3v) is 2.68. The smallest absolute Gasteiger partial charge is 0.295 e. The quantitative estimate of drug-likeness (QED) is 0.496. The first kappa shape index (κ1) is 12.4. The fourth-order valence-electron chi connectivity index (χ4n) is 1.45. The normalized spacial score (nSPS) is 15.9. The van der Waals surface area contributed by atoms with E-state index in [-0.39, 0.29) is 11.9 Å². The topological polar surface area (TPSA) is 26.3 Å². The molecule has 0 fully saturated rings. The molecular weight excluding hydrogens is 180 g/mol. The van der Waals surface area contributed by atoms with Gasteiger partial charge in [-0.1, -0.05) is 32.4 Å². The van der Waals surface area contributed by atoms with Crippen molar-refractivity contribution in [2.45, 2.75) is 33.6 Å². The van der Waals surface area contributed by atoms with Gasteiger partial charge < -0.3 is 4.43 Å². The van der Waals surface area contributed by atoms with Crippen LogP contribution in [0.2, 0.25) is 0 Å². The predicted octanol–water partition coefficient (Wildman–Crippen LogP) is 1.44. The van der Waals surface area contributed by atoms with Crippen LogP contribution >= 0.6 is 0 Å². The lowest BCUT2D eigenvalue weighted by molar-refractivity contribution is -0.139. The highest BCUT2D eigenvalue weighted by molar-refractivity contribution is 6.05. The largest absolute Gasteiger partial charge is 0.529 e. The third kappa shape index (κ3) is 4.27. The Morgan fingerprint density at radius 2 is 2.23 bits per heavy atom. The highest BCUT2D eigenvalue weighted by Gasteiger charge is 2.20. The number of hydrogen-bond acceptors (Lipinski definition) is 2. The zero-order chi connectivity index (χ0) is 10.3. The van der Waals surface area contributed by atoms with E-state index in [4.69, 9.17) is 4.43 Å².